The Morgan fingerprint density at radius 1 is 1.33 bits per heavy atom. The van der Waals surface area contributed by atoms with Crippen molar-refractivity contribution < 1.29 is 4.74 Å². The molecule has 0 aliphatic rings. The van der Waals surface area contributed by atoms with E-state index in [-0.39, 0.29) is 0 Å². The number of hydrogen-bond acceptors (Lipinski definition) is 2. The first kappa shape index (κ1) is 11.6. The smallest absolute Gasteiger partial charge is 0.125 e. The minimum Gasteiger partial charge on any atom is -0.497 e. The number of hydrogen-bond donors (Lipinski definition) is 1. The van der Waals surface area contributed by atoms with Crippen molar-refractivity contribution in [3.05, 3.63) is 29.8 Å². The van der Waals surface area contributed by atoms with Gasteiger partial charge in [0.05, 0.1) is 7.11 Å². The van der Waals surface area contributed by atoms with Gasteiger partial charge in [0.2, 0.25) is 0 Å². The van der Waals surface area contributed by atoms with E-state index in [2.05, 4.69) is 18.8 Å². The lowest BCUT2D eigenvalue weighted by Gasteiger charge is -2.04. The summed E-state index contributed by atoms with van der Waals surface area (Å²) in [6.07, 6.45) is 0. The van der Waals surface area contributed by atoms with Crippen LogP contribution in [-0.2, 0) is 0 Å². The molecule has 0 unspecified atom stereocenters. The number of rotatable bonds is 4. The van der Waals surface area contributed by atoms with Gasteiger partial charge in [-0.1, -0.05) is 13.8 Å². The van der Waals surface area contributed by atoms with Gasteiger partial charge < -0.3 is 10.5 Å². The van der Waals surface area contributed by atoms with Crippen LogP contribution < -0.4 is 10.5 Å². The first-order chi connectivity index (χ1) is 7.13. The molecule has 0 radical (unpaired) electrons. The van der Waals surface area contributed by atoms with Gasteiger partial charge >= 0.3 is 0 Å². The van der Waals surface area contributed by atoms with E-state index < -0.39 is 0 Å². The number of amidine groups is 1. The first-order valence-electron chi connectivity index (χ1n) is 5.08. The van der Waals surface area contributed by atoms with Crippen molar-refractivity contribution in [1.29, 1.82) is 0 Å². The standard InChI is InChI=1S/C12H18N2O/c1-9(2)8-14-12(13)10-4-6-11(15-3)7-5-10/h4-7,9H,8H2,1-3H3,(H2,13,14). The summed E-state index contributed by atoms with van der Waals surface area (Å²) in [7, 11) is 1.64. The third kappa shape index (κ3) is 3.62. The fourth-order valence-electron chi connectivity index (χ4n) is 1.13. The summed E-state index contributed by atoms with van der Waals surface area (Å²) in [6.45, 7) is 4.99. The molecular formula is C12H18N2O. The summed E-state index contributed by atoms with van der Waals surface area (Å²) in [5.41, 5.74) is 6.79. The highest BCUT2D eigenvalue weighted by molar-refractivity contribution is 5.97. The lowest BCUT2D eigenvalue weighted by molar-refractivity contribution is 0.415. The van der Waals surface area contributed by atoms with Crippen LogP contribution >= 0.6 is 0 Å². The third-order valence-electron chi connectivity index (χ3n) is 2.01. The number of nitrogens with two attached hydrogens (primary N) is 1. The van der Waals surface area contributed by atoms with Crippen LogP contribution in [0.25, 0.3) is 0 Å². The summed E-state index contributed by atoms with van der Waals surface area (Å²) in [6, 6.07) is 7.59. The molecule has 2 N–H and O–H groups in total. The van der Waals surface area contributed by atoms with Gasteiger partial charge in [-0.05, 0) is 30.2 Å². The fraction of sp³-hybridized carbons (Fsp3) is 0.417. The Balaban J connectivity index is 2.73. The molecule has 0 atom stereocenters. The Morgan fingerprint density at radius 2 is 1.93 bits per heavy atom. The Bertz CT molecular complexity index is 328. The molecule has 82 valence electrons. The van der Waals surface area contributed by atoms with Gasteiger partial charge in [0, 0.05) is 12.1 Å². The molecular weight excluding hydrogens is 188 g/mol. The molecule has 0 bridgehead atoms. The maximum absolute atomic E-state index is 5.84. The monoisotopic (exact) mass is 206 g/mol. The Labute approximate surface area is 91.0 Å². The van der Waals surface area contributed by atoms with Gasteiger partial charge in [-0.25, -0.2) is 0 Å². The average molecular weight is 206 g/mol. The van der Waals surface area contributed by atoms with Gasteiger partial charge in [0.25, 0.3) is 0 Å². The van der Waals surface area contributed by atoms with Crippen LogP contribution in [0.2, 0.25) is 0 Å². The van der Waals surface area contributed by atoms with E-state index in [4.69, 9.17) is 10.5 Å². The van der Waals surface area contributed by atoms with Gasteiger partial charge in [0.15, 0.2) is 0 Å². The number of ether oxygens (including phenoxy) is 1. The molecule has 0 saturated carbocycles. The Kier molecular flexibility index (Phi) is 4.16. The molecule has 0 aliphatic carbocycles. The fourth-order valence-corrected chi connectivity index (χ4v) is 1.13. The summed E-state index contributed by atoms with van der Waals surface area (Å²) < 4.78 is 5.07. The molecule has 1 aromatic carbocycles. The first-order valence-corrected chi connectivity index (χ1v) is 5.08. The largest absolute Gasteiger partial charge is 0.497 e. The summed E-state index contributed by atoms with van der Waals surface area (Å²) >= 11 is 0. The number of methoxy groups -OCH3 is 1. The molecule has 1 aromatic rings. The van der Waals surface area contributed by atoms with Crippen LogP contribution in [0.3, 0.4) is 0 Å². The van der Waals surface area contributed by atoms with Gasteiger partial charge in [-0.3, -0.25) is 4.99 Å². The second kappa shape index (κ2) is 5.39. The molecule has 0 saturated heterocycles. The Hall–Kier alpha value is -1.51. The van der Waals surface area contributed by atoms with Crippen molar-refractivity contribution in [2.45, 2.75) is 13.8 Å². The van der Waals surface area contributed by atoms with E-state index in [1.165, 1.54) is 0 Å². The highest BCUT2D eigenvalue weighted by atomic mass is 16.5. The minimum atomic E-state index is 0.529. The predicted octanol–water partition coefficient (Wildman–Crippen LogP) is 2.06. The molecule has 0 spiro atoms. The highest BCUT2D eigenvalue weighted by Gasteiger charge is 1.99. The highest BCUT2D eigenvalue weighted by Crippen LogP contribution is 2.11. The van der Waals surface area contributed by atoms with E-state index in [0.717, 1.165) is 17.9 Å². The van der Waals surface area contributed by atoms with Crippen molar-refractivity contribution >= 4 is 5.84 Å². The third-order valence-corrected chi connectivity index (χ3v) is 2.01. The van der Waals surface area contributed by atoms with Crippen LogP contribution in [0.1, 0.15) is 19.4 Å². The second-order valence-electron chi connectivity index (χ2n) is 3.85. The topological polar surface area (TPSA) is 47.6 Å². The van der Waals surface area contributed by atoms with Gasteiger partial charge in [0.1, 0.15) is 11.6 Å². The van der Waals surface area contributed by atoms with E-state index in [1.54, 1.807) is 7.11 Å². The van der Waals surface area contributed by atoms with Crippen molar-refractivity contribution in [3.63, 3.8) is 0 Å². The predicted molar refractivity (Wildman–Crippen MR) is 63.4 cm³/mol. The molecule has 0 heterocycles. The van der Waals surface area contributed by atoms with Crippen molar-refractivity contribution in [3.8, 4) is 5.75 Å². The number of benzene rings is 1. The molecule has 3 nitrogen and oxygen atoms in total. The van der Waals surface area contributed by atoms with Crippen LogP contribution in [0.15, 0.2) is 29.3 Å². The normalized spacial score (nSPS) is 11.9. The van der Waals surface area contributed by atoms with Crippen LogP contribution in [-0.4, -0.2) is 19.5 Å². The molecule has 0 amide bonds. The molecule has 0 fully saturated rings. The van der Waals surface area contributed by atoms with Gasteiger partial charge in [-0.15, -0.1) is 0 Å². The van der Waals surface area contributed by atoms with Crippen molar-refractivity contribution in [2.75, 3.05) is 13.7 Å². The van der Waals surface area contributed by atoms with Crippen LogP contribution in [0, 0.1) is 5.92 Å². The van der Waals surface area contributed by atoms with E-state index >= 15 is 0 Å². The van der Waals surface area contributed by atoms with Crippen molar-refractivity contribution in [2.24, 2.45) is 16.6 Å². The zero-order chi connectivity index (χ0) is 11.3. The minimum absolute atomic E-state index is 0.529. The zero-order valence-corrected chi connectivity index (χ0v) is 9.53. The molecule has 1 rings (SSSR count). The zero-order valence-electron chi connectivity index (χ0n) is 9.53. The van der Waals surface area contributed by atoms with E-state index in [9.17, 15) is 0 Å². The average Bonchev–Trinajstić information content (AvgIpc) is 2.26. The van der Waals surface area contributed by atoms with Gasteiger partial charge in [-0.2, -0.15) is 0 Å². The maximum Gasteiger partial charge on any atom is 0.125 e. The molecule has 3 heteroatoms. The summed E-state index contributed by atoms with van der Waals surface area (Å²) in [5, 5.41) is 0. The number of nitrogens with zero attached hydrogens (tertiary/aromatic N) is 1. The van der Waals surface area contributed by atoms with E-state index in [1.807, 2.05) is 24.3 Å². The summed E-state index contributed by atoms with van der Waals surface area (Å²) in [5.74, 6) is 1.95. The van der Waals surface area contributed by atoms with Crippen molar-refractivity contribution in [1.82, 2.24) is 0 Å². The van der Waals surface area contributed by atoms with Crippen LogP contribution in [0.5, 0.6) is 5.75 Å². The maximum atomic E-state index is 5.84. The lowest BCUT2D eigenvalue weighted by atomic mass is 10.2. The quantitative estimate of drug-likeness (QED) is 0.605. The second-order valence-corrected chi connectivity index (χ2v) is 3.85. The lowest BCUT2D eigenvalue weighted by Crippen LogP contribution is -2.14. The Morgan fingerprint density at radius 3 is 2.40 bits per heavy atom. The molecule has 15 heavy (non-hydrogen) atoms. The van der Waals surface area contributed by atoms with E-state index in [0.29, 0.717) is 11.8 Å². The molecule has 0 aromatic heterocycles. The SMILES string of the molecule is COc1ccc(C(N)=NCC(C)C)cc1. The summed E-state index contributed by atoms with van der Waals surface area (Å²) in [4.78, 5) is 4.30. The number of aliphatic imine (C=N–C) groups is 1. The molecule has 0 aliphatic heterocycles. The van der Waals surface area contributed by atoms with Crippen LogP contribution in [0.4, 0.5) is 0 Å².